The molecule has 282 valence electrons. The number of carbonyl (C=O) groups is 2. The van der Waals surface area contributed by atoms with E-state index in [4.69, 9.17) is 19.1 Å². The topological polar surface area (TPSA) is 126 Å². The molecule has 2 aliphatic heterocycles. The Hall–Kier alpha value is -6.18. The summed E-state index contributed by atoms with van der Waals surface area (Å²) < 4.78 is 39.8. The standard InChI is InChI=1S/C40H42F2N6O6/c1-25(2)51-35-15-9-29(23-33(35)41)21-27-5-11-31(12-6-27)45-39-43-17-19-47(39)53-37(49)38(50)54-48-20-18-44-40(48)46-32-13-7-28(8-14-32)22-30-10-16-36(34(42)24-30)52-26(3)4/h5-16,23-26H,17-22H2,1-4H3,(H,43,45)(H,44,46). The molecule has 0 amide bonds. The zero-order chi connectivity index (χ0) is 38.2. The van der Waals surface area contributed by atoms with Gasteiger partial charge in [0.1, 0.15) is 0 Å². The zero-order valence-corrected chi connectivity index (χ0v) is 30.5. The van der Waals surface area contributed by atoms with Crippen LogP contribution in [0.5, 0.6) is 11.5 Å². The van der Waals surface area contributed by atoms with Crippen molar-refractivity contribution in [2.75, 3.05) is 36.8 Å². The fourth-order valence-corrected chi connectivity index (χ4v) is 5.67. The van der Waals surface area contributed by atoms with Gasteiger partial charge in [-0.3, -0.25) is 0 Å². The van der Waals surface area contributed by atoms with Gasteiger partial charge in [-0.15, -0.1) is 0 Å². The molecule has 2 heterocycles. The molecule has 0 aromatic heterocycles. The van der Waals surface area contributed by atoms with E-state index in [1.165, 1.54) is 22.3 Å². The van der Waals surface area contributed by atoms with Crippen molar-refractivity contribution in [3.63, 3.8) is 0 Å². The van der Waals surface area contributed by atoms with E-state index < -0.39 is 23.6 Å². The highest BCUT2D eigenvalue weighted by atomic mass is 19.1. The van der Waals surface area contributed by atoms with Crippen molar-refractivity contribution in [1.82, 2.24) is 10.1 Å². The number of nitrogens with zero attached hydrogens (tertiary/aromatic N) is 4. The number of aliphatic imine (C=N–C) groups is 2. The van der Waals surface area contributed by atoms with Crippen LogP contribution >= 0.6 is 0 Å². The molecule has 2 aliphatic rings. The monoisotopic (exact) mass is 740 g/mol. The lowest BCUT2D eigenvalue weighted by Crippen LogP contribution is -2.41. The molecule has 12 nitrogen and oxygen atoms in total. The molecular weight excluding hydrogens is 698 g/mol. The fourth-order valence-electron chi connectivity index (χ4n) is 5.67. The summed E-state index contributed by atoms with van der Waals surface area (Å²) in [6, 6.07) is 24.8. The molecule has 4 aromatic rings. The molecular formula is C40H42F2N6O6. The molecule has 0 spiro atoms. The van der Waals surface area contributed by atoms with Crippen LogP contribution in [0.3, 0.4) is 0 Å². The van der Waals surface area contributed by atoms with E-state index in [-0.39, 0.29) is 48.7 Å². The SMILES string of the molecule is CC(C)Oc1ccc(Cc2ccc(NC3=NCCN3OC(=O)C(=O)ON3CCN=C3Nc3ccc(Cc4ccc(OC(C)C)c(F)c4)cc3)cc2)cc1F. The van der Waals surface area contributed by atoms with E-state index in [0.717, 1.165) is 22.3 Å². The third kappa shape index (κ3) is 10.0. The molecule has 14 heteroatoms. The Labute approximate surface area is 312 Å². The molecule has 0 aliphatic carbocycles. The summed E-state index contributed by atoms with van der Waals surface area (Å²) in [6.07, 6.45) is 0.795. The van der Waals surface area contributed by atoms with Crippen LogP contribution in [0.25, 0.3) is 0 Å². The number of ether oxygens (including phenoxy) is 2. The summed E-state index contributed by atoms with van der Waals surface area (Å²) in [5.74, 6) is -2.31. The predicted octanol–water partition coefficient (Wildman–Crippen LogP) is 6.50. The van der Waals surface area contributed by atoms with Gasteiger partial charge in [-0.1, -0.05) is 36.4 Å². The quantitative estimate of drug-likeness (QED) is 0.156. The van der Waals surface area contributed by atoms with E-state index in [1.807, 2.05) is 88.4 Å². The van der Waals surface area contributed by atoms with E-state index >= 15 is 0 Å². The summed E-state index contributed by atoms with van der Waals surface area (Å²) >= 11 is 0. The first kappa shape index (κ1) is 37.6. The predicted molar refractivity (Wildman–Crippen MR) is 200 cm³/mol. The number of benzene rings is 4. The molecule has 0 bridgehead atoms. The minimum Gasteiger partial charge on any atom is -0.488 e. The average molecular weight is 741 g/mol. The molecule has 54 heavy (non-hydrogen) atoms. The number of carbonyl (C=O) groups excluding carboxylic acids is 2. The molecule has 4 aromatic carbocycles. The largest absolute Gasteiger partial charge is 0.488 e. The first-order chi connectivity index (χ1) is 26.0. The highest BCUT2D eigenvalue weighted by molar-refractivity contribution is 6.30. The molecule has 0 saturated heterocycles. The van der Waals surface area contributed by atoms with Crippen molar-refractivity contribution in [3.05, 3.63) is 119 Å². The van der Waals surface area contributed by atoms with Crippen LogP contribution < -0.4 is 20.1 Å². The lowest BCUT2D eigenvalue weighted by molar-refractivity contribution is -0.198. The number of halogens is 2. The van der Waals surface area contributed by atoms with E-state index in [9.17, 15) is 18.4 Å². The molecule has 2 N–H and O–H groups in total. The molecule has 0 atom stereocenters. The van der Waals surface area contributed by atoms with Crippen LogP contribution in [0.1, 0.15) is 49.9 Å². The zero-order valence-electron chi connectivity index (χ0n) is 30.5. The summed E-state index contributed by atoms with van der Waals surface area (Å²) in [5, 5.41) is 8.60. The van der Waals surface area contributed by atoms with Crippen molar-refractivity contribution in [1.29, 1.82) is 0 Å². The number of hydrogen-bond donors (Lipinski definition) is 2. The number of nitrogens with one attached hydrogen (secondary N) is 2. The Balaban J connectivity index is 0.965. The highest BCUT2D eigenvalue weighted by Crippen LogP contribution is 2.24. The van der Waals surface area contributed by atoms with Gasteiger partial charge in [0.15, 0.2) is 23.1 Å². The van der Waals surface area contributed by atoms with Crippen molar-refractivity contribution in [2.45, 2.75) is 52.7 Å². The molecule has 0 unspecified atom stereocenters. The van der Waals surface area contributed by atoms with Gasteiger partial charge in [-0.2, -0.15) is 10.1 Å². The van der Waals surface area contributed by atoms with Crippen molar-refractivity contribution < 1.29 is 37.5 Å². The van der Waals surface area contributed by atoms with Gasteiger partial charge in [-0.05, 0) is 111 Å². The van der Waals surface area contributed by atoms with Crippen LogP contribution in [-0.4, -0.2) is 72.4 Å². The van der Waals surface area contributed by atoms with Gasteiger partial charge in [0.2, 0.25) is 11.9 Å². The summed E-state index contributed by atoms with van der Waals surface area (Å²) in [4.78, 5) is 44.9. The number of anilines is 2. The lowest BCUT2D eigenvalue weighted by atomic mass is 10.0. The van der Waals surface area contributed by atoms with Crippen molar-refractivity contribution in [2.24, 2.45) is 9.98 Å². The second-order valence-corrected chi connectivity index (χ2v) is 13.2. The first-order valence-electron chi connectivity index (χ1n) is 17.7. The Bertz CT molecular complexity index is 1880. The van der Waals surface area contributed by atoms with Gasteiger partial charge in [0, 0.05) is 11.4 Å². The first-order valence-corrected chi connectivity index (χ1v) is 17.7. The number of guanidine groups is 2. The van der Waals surface area contributed by atoms with E-state index in [0.29, 0.717) is 37.3 Å². The third-order valence-corrected chi connectivity index (χ3v) is 8.11. The van der Waals surface area contributed by atoms with Crippen LogP contribution in [0.4, 0.5) is 20.2 Å². The fraction of sp³-hybridized carbons (Fsp3) is 0.300. The van der Waals surface area contributed by atoms with Crippen molar-refractivity contribution >= 4 is 35.2 Å². The van der Waals surface area contributed by atoms with Gasteiger partial charge in [0.05, 0.1) is 38.4 Å². The Morgan fingerprint density at radius 3 is 1.33 bits per heavy atom. The molecule has 0 fully saturated rings. The summed E-state index contributed by atoms with van der Waals surface area (Å²) in [5.41, 5.74) is 4.87. The molecule has 6 rings (SSSR count). The minimum absolute atomic E-state index is 0.122. The number of hydrogen-bond acceptors (Lipinski definition) is 12. The summed E-state index contributed by atoms with van der Waals surface area (Å²) in [6.45, 7) is 8.54. The van der Waals surface area contributed by atoms with Gasteiger partial charge < -0.3 is 29.8 Å². The maximum Gasteiger partial charge on any atom is 0.444 e. The normalized spacial score (nSPS) is 13.9. The summed E-state index contributed by atoms with van der Waals surface area (Å²) in [7, 11) is 0. The maximum absolute atomic E-state index is 14.4. The Morgan fingerprint density at radius 1 is 0.611 bits per heavy atom. The van der Waals surface area contributed by atoms with Gasteiger partial charge in [0.25, 0.3) is 0 Å². The smallest absolute Gasteiger partial charge is 0.444 e. The maximum atomic E-state index is 14.4. The second-order valence-electron chi connectivity index (χ2n) is 13.2. The van der Waals surface area contributed by atoms with Crippen LogP contribution in [0, 0.1) is 11.6 Å². The number of rotatable bonds is 12. The van der Waals surface area contributed by atoms with E-state index in [1.54, 1.807) is 12.1 Å². The van der Waals surface area contributed by atoms with Gasteiger partial charge in [-0.25, -0.2) is 28.4 Å². The third-order valence-electron chi connectivity index (χ3n) is 8.11. The van der Waals surface area contributed by atoms with Crippen LogP contribution in [-0.2, 0) is 32.1 Å². The highest BCUT2D eigenvalue weighted by Gasteiger charge is 2.31. The Kier molecular flexibility index (Phi) is 11.9. The second kappa shape index (κ2) is 17.1. The number of hydroxylamine groups is 4. The average Bonchev–Trinajstić information content (AvgIpc) is 3.77. The Morgan fingerprint density at radius 2 is 0.981 bits per heavy atom. The minimum atomic E-state index is -1.23. The van der Waals surface area contributed by atoms with Crippen LogP contribution in [0.15, 0.2) is 94.9 Å². The molecule has 0 radical (unpaired) electrons. The van der Waals surface area contributed by atoms with E-state index in [2.05, 4.69) is 20.6 Å². The van der Waals surface area contributed by atoms with Gasteiger partial charge >= 0.3 is 11.9 Å². The molecule has 0 saturated carbocycles. The van der Waals surface area contributed by atoms with Crippen molar-refractivity contribution in [3.8, 4) is 11.5 Å². The lowest BCUT2D eigenvalue weighted by Gasteiger charge is -2.21. The van der Waals surface area contributed by atoms with Crippen LogP contribution in [0.2, 0.25) is 0 Å².